The average Bonchev–Trinajstić information content (AvgIpc) is 2.67. The summed E-state index contributed by atoms with van der Waals surface area (Å²) in [5.74, 6) is 0.0164. The first-order valence-corrected chi connectivity index (χ1v) is 10.4. The highest BCUT2D eigenvalue weighted by molar-refractivity contribution is 7.85. The number of benzene rings is 1. The molecule has 6 nitrogen and oxygen atoms in total. The fourth-order valence-corrected chi connectivity index (χ4v) is 3.39. The molecule has 2 rings (SSSR count). The number of carbonyl (C=O) groups excluding carboxylic acids is 1. The van der Waals surface area contributed by atoms with Gasteiger partial charge in [0, 0.05) is 34.4 Å². The van der Waals surface area contributed by atoms with Gasteiger partial charge in [0.2, 0.25) is 11.3 Å². The van der Waals surface area contributed by atoms with Crippen molar-refractivity contribution in [2.45, 2.75) is 44.6 Å². The van der Waals surface area contributed by atoms with Crippen molar-refractivity contribution >= 4 is 22.4 Å². The number of hydrogen-bond acceptors (Lipinski definition) is 4. The van der Waals surface area contributed by atoms with Gasteiger partial charge in [-0.3, -0.25) is 13.8 Å². The fraction of sp³-hybridized carbons (Fsp3) is 0.400. The van der Waals surface area contributed by atoms with E-state index in [0.29, 0.717) is 18.0 Å². The van der Waals surface area contributed by atoms with Crippen LogP contribution in [0.3, 0.4) is 0 Å². The third-order valence-electron chi connectivity index (χ3n) is 4.09. The summed E-state index contributed by atoms with van der Waals surface area (Å²) >= 11 is 0. The molecule has 0 bridgehead atoms. The predicted molar refractivity (Wildman–Crippen MR) is 109 cm³/mol. The third-order valence-corrected chi connectivity index (χ3v) is 5.69. The first-order chi connectivity index (χ1) is 12.9. The van der Waals surface area contributed by atoms with Gasteiger partial charge in [0.25, 0.3) is 0 Å². The Hall–Kier alpha value is -2.41. The lowest BCUT2D eigenvalue weighted by Gasteiger charge is -2.13. The number of aromatic nitrogens is 1. The quantitative estimate of drug-likeness (QED) is 0.689. The standard InChI is InChI=1S/C20H26N2O4S/c1-4-10-26-19-12-21-17(11-18(19)23)13-27(25)14(3)20(24)22-16-8-6-15(5-2)7-9-16/h6-9,11-12,14H,4-5,10,13H2,1-3H3,(H,21,23)(H,22,24). The van der Waals surface area contributed by atoms with Crippen LogP contribution in [-0.2, 0) is 27.8 Å². The van der Waals surface area contributed by atoms with E-state index in [1.165, 1.54) is 17.8 Å². The molecule has 0 aliphatic rings. The second-order valence-electron chi connectivity index (χ2n) is 6.24. The summed E-state index contributed by atoms with van der Waals surface area (Å²) in [4.78, 5) is 27.3. The lowest BCUT2D eigenvalue weighted by molar-refractivity contribution is -0.115. The fourth-order valence-electron chi connectivity index (χ4n) is 2.37. The van der Waals surface area contributed by atoms with Crippen LogP contribution < -0.4 is 15.5 Å². The van der Waals surface area contributed by atoms with Gasteiger partial charge in [-0.2, -0.15) is 0 Å². The molecule has 2 aromatic rings. The molecule has 1 amide bonds. The Kier molecular flexibility index (Phi) is 7.79. The van der Waals surface area contributed by atoms with Gasteiger partial charge in [0.1, 0.15) is 5.25 Å². The number of nitrogens with one attached hydrogen (secondary N) is 2. The Labute approximate surface area is 161 Å². The third kappa shape index (κ3) is 6.06. The van der Waals surface area contributed by atoms with Gasteiger partial charge in [0.05, 0.1) is 12.4 Å². The first-order valence-electron chi connectivity index (χ1n) is 9.06. The summed E-state index contributed by atoms with van der Waals surface area (Å²) in [6, 6.07) is 8.93. The summed E-state index contributed by atoms with van der Waals surface area (Å²) < 4.78 is 17.8. The monoisotopic (exact) mass is 390 g/mol. The van der Waals surface area contributed by atoms with Crippen LogP contribution in [0.5, 0.6) is 5.75 Å². The number of rotatable bonds is 9. The van der Waals surface area contributed by atoms with Crippen LogP contribution in [0.4, 0.5) is 5.69 Å². The molecule has 1 heterocycles. The molecule has 0 spiro atoms. The number of amides is 1. The largest absolute Gasteiger partial charge is 0.488 e. The molecule has 0 aliphatic carbocycles. The molecule has 146 valence electrons. The van der Waals surface area contributed by atoms with E-state index >= 15 is 0 Å². The minimum atomic E-state index is -1.47. The van der Waals surface area contributed by atoms with E-state index in [-0.39, 0.29) is 22.8 Å². The van der Waals surface area contributed by atoms with Crippen molar-refractivity contribution in [2.75, 3.05) is 11.9 Å². The van der Waals surface area contributed by atoms with Gasteiger partial charge in [-0.15, -0.1) is 0 Å². The van der Waals surface area contributed by atoms with Crippen molar-refractivity contribution in [1.82, 2.24) is 4.98 Å². The van der Waals surface area contributed by atoms with E-state index in [1.807, 2.05) is 31.2 Å². The molecule has 0 saturated carbocycles. The Bertz CT molecular complexity index is 846. The minimum Gasteiger partial charge on any atom is -0.488 e. The van der Waals surface area contributed by atoms with E-state index in [9.17, 15) is 13.8 Å². The Balaban J connectivity index is 1.96. The van der Waals surface area contributed by atoms with Crippen molar-refractivity contribution in [3.05, 3.63) is 58.0 Å². The van der Waals surface area contributed by atoms with Crippen molar-refractivity contribution < 1.29 is 13.7 Å². The van der Waals surface area contributed by atoms with Crippen LogP contribution in [0.2, 0.25) is 0 Å². The highest BCUT2D eigenvalue weighted by Gasteiger charge is 2.21. The van der Waals surface area contributed by atoms with E-state index in [0.717, 1.165) is 12.8 Å². The van der Waals surface area contributed by atoms with Crippen LogP contribution in [-0.4, -0.2) is 27.0 Å². The van der Waals surface area contributed by atoms with Crippen molar-refractivity contribution in [2.24, 2.45) is 0 Å². The van der Waals surface area contributed by atoms with E-state index in [4.69, 9.17) is 4.74 Å². The maximum absolute atomic E-state index is 12.5. The Morgan fingerprint density at radius 2 is 1.96 bits per heavy atom. The summed E-state index contributed by atoms with van der Waals surface area (Å²) in [6.07, 6.45) is 3.21. The Morgan fingerprint density at radius 1 is 1.26 bits per heavy atom. The number of anilines is 1. The molecule has 0 saturated heterocycles. The lowest BCUT2D eigenvalue weighted by Crippen LogP contribution is -2.30. The number of hydrogen-bond donors (Lipinski definition) is 2. The molecular weight excluding hydrogens is 364 g/mol. The van der Waals surface area contributed by atoms with Gasteiger partial charge in [-0.25, -0.2) is 0 Å². The normalized spacial score (nSPS) is 13.0. The number of ether oxygens (including phenoxy) is 1. The zero-order valence-corrected chi connectivity index (χ0v) is 16.7. The molecule has 0 aliphatic heterocycles. The second kappa shape index (κ2) is 10.1. The van der Waals surface area contributed by atoms with Gasteiger partial charge in [-0.05, 0) is 37.5 Å². The molecule has 2 N–H and O–H groups in total. The van der Waals surface area contributed by atoms with Gasteiger partial charge in [-0.1, -0.05) is 26.0 Å². The van der Waals surface area contributed by atoms with Crippen LogP contribution >= 0.6 is 0 Å². The first kappa shape index (κ1) is 20.9. The number of pyridine rings is 1. The van der Waals surface area contributed by atoms with Gasteiger partial charge in [0.15, 0.2) is 5.75 Å². The number of aryl methyl sites for hydroxylation is 1. The lowest BCUT2D eigenvalue weighted by atomic mass is 10.1. The van der Waals surface area contributed by atoms with Gasteiger partial charge < -0.3 is 15.0 Å². The molecule has 2 atom stereocenters. The molecule has 1 aromatic carbocycles. The maximum atomic E-state index is 12.5. The highest BCUT2D eigenvalue weighted by atomic mass is 32.2. The summed E-state index contributed by atoms with van der Waals surface area (Å²) in [5, 5.41) is 2.07. The van der Waals surface area contributed by atoms with Crippen LogP contribution in [0, 0.1) is 0 Å². The van der Waals surface area contributed by atoms with Crippen molar-refractivity contribution in [3.63, 3.8) is 0 Å². The predicted octanol–water partition coefficient (Wildman–Crippen LogP) is 3.00. The number of H-pyrrole nitrogens is 1. The zero-order valence-electron chi connectivity index (χ0n) is 15.9. The topological polar surface area (TPSA) is 88.3 Å². The molecule has 27 heavy (non-hydrogen) atoms. The number of aromatic amines is 1. The Morgan fingerprint density at radius 3 is 2.56 bits per heavy atom. The highest BCUT2D eigenvalue weighted by Crippen LogP contribution is 2.13. The minimum absolute atomic E-state index is 0.0899. The van der Waals surface area contributed by atoms with Crippen LogP contribution in [0.1, 0.15) is 38.4 Å². The van der Waals surface area contributed by atoms with E-state index in [1.54, 1.807) is 6.92 Å². The van der Waals surface area contributed by atoms with Gasteiger partial charge >= 0.3 is 0 Å². The SMILES string of the molecule is CCCOc1c[nH]c(CS(=O)C(C)C(=O)Nc2ccc(CC)cc2)cc1=O. The molecular formula is C20H26N2O4S. The summed E-state index contributed by atoms with van der Waals surface area (Å²) in [7, 11) is -1.47. The molecule has 0 radical (unpaired) electrons. The van der Waals surface area contributed by atoms with Crippen molar-refractivity contribution in [1.29, 1.82) is 0 Å². The van der Waals surface area contributed by atoms with Crippen LogP contribution in [0.25, 0.3) is 0 Å². The molecule has 2 unspecified atom stereocenters. The van der Waals surface area contributed by atoms with Crippen molar-refractivity contribution in [3.8, 4) is 5.75 Å². The average molecular weight is 391 g/mol. The molecule has 1 aromatic heterocycles. The summed E-state index contributed by atoms with van der Waals surface area (Å²) in [5.41, 5.74) is 2.10. The number of carbonyl (C=O) groups is 1. The van der Waals surface area contributed by atoms with E-state index in [2.05, 4.69) is 17.2 Å². The zero-order chi connectivity index (χ0) is 19.8. The smallest absolute Gasteiger partial charge is 0.239 e. The molecule has 0 fully saturated rings. The maximum Gasteiger partial charge on any atom is 0.239 e. The van der Waals surface area contributed by atoms with E-state index < -0.39 is 16.0 Å². The summed E-state index contributed by atoms with van der Waals surface area (Å²) in [6.45, 7) is 6.09. The van der Waals surface area contributed by atoms with Crippen LogP contribution in [0.15, 0.2) is 41.3 Å². The second-order valence-corrected chi connectivity index (χ2v) is 8.00. The molecule has 7 heteroatoms.